The topological polar surface area (TPSA) is 125 Å². The third-order valence-electron chi connectivity index (χ3n) is 6.50. The Kier molecular flexibility index (Phi) is 7.50. The first kappa shape index (κ1) is 25.2. The summed E-state index contributed by atoms with van der Waals surface area (Å²) in [5.41, 5.74) is 0.333. The van der Waals surface area contributed by atoms with E-state index in [-0.39, 0.29) is 31.5 Å². The third-order valence-corrected chi connectivity index (χ3v) is 6.50. The van der Waals surface area contributed by atoms with Crippen LogP contribution in [-0.4, -0.2) is 40.2 Å². The van der Waals surface area contributed by atoms with Gasteiger partial charge in [0.15, 0.2) is 0 Å². The molecule has 5 rings (SSSR count). The summed E-state index contributed by atoms with van der Waals surface area (Å²) in [6.07, 6.45) is 3.69. The zero-order valence-electron chi connectivity index (χ0n) is 20.7. The fraction of sp³-hybridized carbons (Fsp3) is 0.286. The molecule has 0 aliphatic carbocycles. The minimum absolute atomic E-state index is 0.0653. The average molecular weight is 517 g/mol. The van der Waals surface area contributed by atoms with E-state index in [0.29, 0.717) is 28.9 Å². The zero-order chi connectivity index (χ0) is 26.5. The first-order valence-corrected chi connectivity index (χ1v) is 12.5. The number of para-hydroxylation sites is 1. The Balaban J connectivity index is 1.37. The molecule has 10 nitrogen and oxygen atoms in total. The van der Waals surface area contributed by atoms with Crippen molar-refractivity contribution in [3.63, 3.8) is 0 Å². The molecule has 0 spiro atoms. The molecule has 2 N–H and O–H groups in total. The molecule has 0 radical (unpaired) electrons. The Morgan fingerprint density at radius 3 is 2.50 bits per heavy atom. The van der Waals surface area contributed by atoms with Crippen molar-refractivity contribution in [2.75, 3.05) is 13.2 Å². The quantitative estimate of drug-likeness (QED) is 0.350. The van der Waals surface area contributed by atoms with Crippen LogP contribution in [0.25, 0.3) is 16.6 Å². The number of benzene rings is 2. The summed E-state index contributed by atoms with van der Waals surface area (Å²) < 4.78 is 13.1. The third kappa shape index (κ3) is 5.60. The van der Waals surface area contributed by atoms with E-state index in [0.717, 1.165) is 29.6 Å². The van der Waals surface area contributed by atoms with Crippen LogP contribution in [0.3, 0.4) is 0 Å². The van der Waals surface area contributed by atoms with Gasteiger partial charge in [-0.25, -0.2) is 9.36 Å². The normalized spacial score (nSPS) is 15.0. The molecule has 2 aromatic heterocycles. The molecule has 1 aliphatic heterocycles. The lowest BCUT2D eigenvalue weighted by Gasteiger charge is -2.14. The van der Waals surface area contributed by atoms with Crippen molar-refractivity contribution in [1.82, 2.24) is 19.8 Å². The van der Waals surface area contributed by atoms with Crippen LogP contribution in [0, 0.1) is 0 Å². The van der Waals surface area contributed by atoms with Crippen LogP contribution in [0.4, 0.5) is 0 Å². The van der Waals surface area contributed by atoms with Gasteiger partial charge >= 0.3 is 5.69 Å². The van der Waals surface area contributed by atoms with Crippen LogP contribution in [0.5, 0.6) is 0 Å². The van der Waals surface area contributed by atoms with Crippen molar-refractivity contribution in [2.24, 2.45) is 0 Å². The number of nitrogens with zero attached hydrogens (tertiary/aromatic N) is 2. The number of furan rings is 1. The van der Waals surface area contributed by atoms with Gasteiger partial charge in [0.2, 0.25) is 11.8 Å². The summed E-state index contributed by atoms with van der Waals surface area (Å²) in [5.74, 6) is 0.0587. The van der Waals surface area contributed by atoms with Crippen LogP contribution < -0.4 is 21.9 Å². The summed E-state index contributed by atoms with van der Waals surface area (Å²) in [6.45, 7) is 1.12. The van der Waals surface area contributed by atoms with E-state index in [4.69, 9.17) is 9.15 Å². The predicted octanol–water partition coefficient (Wildman–Crippen LogP) is 1.90. The van der Waals surface area contributed by atoms with Crippen molar-refractivity contribution in [2.45, 2.75) is 38.5 Å². The Hall–Kier alpha value is -4.44. The lowest BCUT2D eigenvalue weighted by Crippen LogP contribution is -2.41. The van der Waals surface area contributed by atoms with E-state index in [9.17, 15) is 19.2 Å². The summed E-state index contributed by atoms with van der Waals surface area (Å²) >= 11 is 0. The molecule has 1 fully saturated rings. The summed E-state index contributed by atoms with van der Waals surface area (Å²) in [4.78, 5) is 51.8. The molecule has 4 aromatic rings. The lowest BCUT2D eigenvalue weighted by atomic mass is 10.1. The summed E-state index contributed by atoms with van der Waals surface area (Å²) in [7, 11) is 0. The van der Waals surface area contributed by atoms with Crippen molar-refractivity contribution in [3.05, 3.63) is 99.1 Å². The maximum Gasteiger partial charge on any atom is 0.336 e. The molecule has 2 aromatic carbocycles. The van der Waals surface area contributed by atoms with Crippen molar-refractivity contribution >= 4 is 22.7 Å². The average Bonchev–Trinajstić information content (AvgIpc) is 3.64. The van der Waals surface area contributed by atoms with Gasteiger partial charge in [0.25, 0.3) is 5.56 Å². The molecule has 0 bridgehead atoms. The Bertz CT molecular complexity index is 1550. The second-order valence-corrected chi connectivity index (χ2v) is 9.16. The minimum Gasteiger partial charge on any atom is -0.467 e. The Morgan fingerprint density at radius 1 is 0.947 bits per heavy atom. The highest BCUT2D eigenvalue weighted by Gasteiger charge is 2.18. The van der Waals surface area contributed by atoms with Crippen LogP contribution in [0.2, 0.25) is 0 Å². The second-order valence-electron chi connectivity index (χ2n) is 9.16. The van der Waals surface area contributed by atoms with E-state index in [2.05, 4.69) is 10.6 Å². The van der Waals surface area contributed by atoms with Gasteiger partial charge in [-0.05, 0) is 54.8 Å². The van der Waals surface area contributed by atoms with Gasteiger partial charge in [-0.2, -0.15) is 0 Å². The van der Waals surface area contributed by atoms with Crippen molar-refractivity contribution in [1.29, 1.82) is 0 Å². The fourth-order valence-corrected chi connectivity index (χ4v) is 4.54. The van der Waals surface area contributed by atoms with Gasteiger partial charge in [0, 0.05) is 13.2 Å². The molecule has 0 unspecified atom stereocenters. The number of fused-ring (bicyclic) bond motifs is 1. The van der Waals surface area contributed by atoms with E-state index in [1.54, 1.807) is 60.7 Å². The van der Waals surface area contributed by atoms with E-state index >= 15 is 0 Å². The van der Waals surface area contributed by atoms with Crippen molar-refractivity contribution in [3.8, 4) is 5.69 Å². The standard InChI is InChI=1S/C28H28N4O6/c33-25(29-16-21-5-3-13-37-21)15-19-9-11-20(12-10-19)32-27(35)23-7-1-2-8-24(23)31(28(32)36)18-26(34)30-17-22-6-4-14-38-22/h1-2,4,6-12,14,21H,3,5,13,15-18H2,(H,29,33)(H,30,34)/t21-/m1/s1. The van der Waals surface area contributed by atoms with Crippen LogP contribution in [0.1, 0.15) is 24.2 Å². The highest BCUT2D eigenvalue weighted by molar-refractivity contribution is 5.82. The van der Waals surface area contributed by atoms with Gasteiger partial charge in [-0.3, -0.25) is 19.0 Å². The Morgan fingerprint density at radius 2 is 1.76 bits per heavy atom. The molecule has 0 saturated carbocycles. The zero-order valence-corrected chi connectivity index (χ0v) is 20.7. The highest BCUT2D eigenvalue weighted by Crippen LogP contribution is 2.13. The number of carbonyl (C=O) groups excluding carboxylic acids is 2. The molecule has 1 atom stereocenters. The first-order valence-electron chi connectivity index (χ1n) is 12.5. The van der Waals surface area contributed by atoms with Gasteiger partial charge in [0.1, 0.15) is 12.3 Å². The van der Waals surface area contributed by atoms with Crippen molar-refractivity contribution < 1.29 is 18.7 Å². The van der Waals surface area contributed by atoms with Crippen LogP contribution in [-0.2, 0) is 33.8 Å². The number of ether oxygens (including phenoxy) is 1. The predicted molar refractivity (Wildman–Crippen MR) is 140 cm³/mol. The van der Waals surface area contributed by atoms with Gasteiger partial charge in [0.05, 0.1) is 41.9 Å². The molecule has 3 heterocycles. The van der Waals surface area contributed by atoms with Crippen LogP contribution >= 0.6 is 0 Å². The Labute approximate surface area is 217 Å². The number of hydrogen-bond donors (Lipinski definition) is 2. The molecule has 1 aliphatic rings. The maximum absolute atomic E-state index is 13.5. The van der Waals surface area contributed by atoms with Gasteiger partial charge in [-0.1, -0.05) is 24.3 Å². The highest BCUT2D eigenvalue weighted by atomic mass is 16.5. The lowest BCUT2D eigenvalue weighted by molar-refractivity contribution is -0.122. The molecule has 38 heavy (non-hydrogen) atoms. The monoisotopic (exact) mass is 516 g/mol. The smallest absolute Gasteiger partial charge is 0.336 e. The maximum atomic E-state index is 13.5. The summed E-state index contributed by atoms with van der Waals surface area (Å²) in [6, 6.07) is 16.8. The molecule has 1 saturated heterocycles. The number of amides is 2. The SMILES string of the molecule is O=C(Cc1ccc(-n2c(=O)c3ccccc3n(CC(=O)NCc3ccco3)c2=O)cc1)NC[C@H]1CCCO1. The molecular formula is C28H28N4O6. The van der Waals surface area contributed by atoms with Gasteiger partial charge in [-0.15, -0.1) is 0 Å². The molecule has 10 heteroatoms. The van der Waals surface area contributed by atoms with E-state index in [1.807, 2.05) is 0 Å². The van der Waals surface area contributed by atoms with E-state index in [1.165, 1.54) is 10.8 Å². The van der Waals surface area contributed by atoms with E-state index < -0.39 is 17.2 Å². The second kappa shape index (κ2) is 11.3. The van der Waals surface area contributed by atoms with Gasteiger partial charge < -0.3 is 19.8 Å². The minimum atomic E-state index is -0.635. The molecule has 2 amide bonds. The summed E-state index contributed by atoms with van der Waals surface area (Å²) in [5, 5.41) is 5.92. The first-order chi connectivity index (χ1) is 18.5. The fourth-order valence-electron chi connectivity index (χ4n) is 4.54. The van der Waals surface area contributed by atoms with Crippen LogP contribution in [0.15, 0.2) is 80.9 Å². The number of hydrogen-bond acceptors (Lipinski definition) is 6. The number of nitrogens with one attached hydrogen (secondary N) is 2. The number of aromatic nitrogens is 2. The number of carbonyl (C=O) groups is 2. The molecular weight excluding hydrogens is 488 g/mol. The number of rotatable bonds is 9. The largest absolute Gasteiger partial charge is 0.467 e. The molecule has 196 valence electrons.